The summed E-state index contributed by atoms with van der Waals surface area (Å²) in [5, 5.41) is 11.3. The van der Waals surface area contributed by atoms with Crippen molar-refractivity contribution < 1.29 is 32.5 Å². The Labute approximate surface area is 145 Å². The summed E-state index contributed by atoms with van der Waals surface area (Å²) in [5.41, 5.74) is -0.580. The van der Waals surface area contributed by atoms with Gasteiger partial charge in [-0.3, -0.25) is 4.72 Å². The minimum atomic E-state index is -4.03. The van der Waals surface area contributed by atoms with Crippen LogP contribution in [0.25, 0.3) is 0 Å². The van der Waals surface area contributed by atoms with Crippen molar-refractivity contribution in [1.29, 1.82) is 0 Å². The molecule has 0 aliphatic carbocycles. The Morgan fingerprint density at radius 1 is 0.960 bits per heavy atom. The second-order valence-corrected chi connectivity index (χ2v) is 6.50. The third kappa shape index (κ3) is 3.94. The Morgan fingerprint density at radius 3 is 2.00 bits per heavy atom. The van der Waals surface area contributed by atoms with Crippen LogP contribution in [0, 0.1) is 0 Å². The van der Waals surface area contributed by atoms with Crippen molar-refractivity contribution in [3.8, 4) is 17.2 Å². The van der Waals surface area contributed by atoms with Crippen LogP contribution in [0.5, 0.6) is 17.2 Å². The van der Waals surface area contributed by atoms with E-state index >= 15 is 0 Å². The van der Waals surface area contributed by atoms with Crippen LogP contribution in [0.1, 0.15) is 10.4 Å². The summed E-state index contributed by atoms with van der Waals surface area (Å²) < 4.78 is 42.3. The van der Waals surface area contributed by atoms with Crippen molar-refractivity contribution in [2.45, 2.75) is 4.90 Å². The number of carbonyl (C=O) groups is 1. The van der Waals surface area contributed by atoms with Gasteiger partial charge in [0.05, 0.1) is 37.9 Å². The summed E-state index contributed by atoms with van der Waals surface area (Å²) in [5.74, 6) is -0.775. The van der Waals surface area contributed by atoms with Gasteiger partial charge in [0.15, 0.2) is 11.5 Å². The highest BCUT2D eigenvalue weighted by molar-refractivity contribution is 7.92. The minimum absolute atomic E-state index is 0.0626. The predicted octanol–water partition coefficient (Wildman–Crippen LogP) is 0.877. The van der Waals surface area contributed by atoms with E-state index in [1.54, 1.807) is 0 Å². The molecule has 0 radical (unpaired) electrons. The first-order valence-corrected chi connectivity index (χ1v) is 8.45. The van der Waals surface area contributed by atoms with Gasteiger partial charge in [-0.05, 0) is 30.3 Å². The third-order valence-electron chi connectivity index (χ3n) is 3.36. The molecule has 0 spiro atoms. The number of carboxylic acid groups (broad SMARTS) is 1. The molecule has 134 valence electrons. The molecular formula is C16H16NO7S-. The average Bonchev–Trinajstić information content (AvgIpc) is 2.60. The van der Waals surface area contributed by atoms with Crippen LogP contribution in [0.4, 0.5) is 5.69 Å². The van der Waals surface area contributed by atoms with E-state index in [2.05, 4.69) is 4.72 Å². The van der Waals surface area contributed by atoms with Gasteiger partial charge in [-0.15, -0.1) is 0 Å². The van der Waals surface area contributed by atoms with Crippen LogP contribution < -0.4 is 24.0 Å². The van der Waals surface area contributed by atoms with Gasteiger partial charge in [0, 0.05) is 11.6 Å². The number of aromatic carboxylic acids is 1. The van der Waals surface area contributed by atoms with Gasteiger partial charge in [-0.1, -0.05) is 0 Å². The maximum Gasteiger partial charge on any atom is 0.261 e. The maximum atomic E-state index is 12.5. The predicted molar refractivity (Wildman–Crippen MR) is 87.7 cm³/mol. The topological polar surface area (TPSA) is 114 Å². The zero-order chi connectivity index (χ0) is 18.6. The van der Waals surface area contributed by atoms with E-state index in [1.807, 2.05) is 0 Å². The Bertz CT molecular complexity index is 876. The lowest BCUT2D eigenvalue weighted by Crippen LogP contribution is -2.25. The summed E-state index contributed by atoms with van der Waals surface area (Å²) in [6, 6.07) is 7.96. The molecule has 0 atom stereocenters. The first-order chi connectivity index (χ1) is 11.8. The third-order valence-corrected chi connectivity index (χ3v) is 4.74. The number of carboxylic acids is 1. The molecule has 2 aromatic rings. The summed E-state index contributed by atoms with van der Waals surface area (Å²) in [6.45, 7) is 0. The molecule has 0 aliphatic heterocycles. The van der Waals surface area contributed by atoms with E-state index in [1.165, 1.54) is 51.7 Å². The minimum Gasteiger partial charge on any atom is -0.545 e. The molecule has 0 saturated carbocycles. The second-order valence-electron chi connectivity index (χ2n) is 4.82. The number of nitrogens with one attached hydrogen (secondary N) is 1. The Kier molecular flexibility index (Phi) is 5.38. The van der Waals surface area contributed by atoms with Crippen LogP contribution in [0.2, 0.25) is 0 Å². The fourth-order valence-electron chi connectivity index (χ4n) is 2.09. The number of anilines is 1. The van der Waals surface area contributed by atoms with Crippen LogP contribution in [-0.4, -0.2) is 35.7 Å². The fourth-order valence-corrected chi connectivity index (χ4v) is 3.16. The van der Waals surface area contributed by atoms with E-state index in [4.69, 9.17) is 14.2 Å². The first kappa shape index (κ1) is 18.4. The van der Waals surface area contributed by atoms with Crippen molar-refractivity contribution in [3.63, 3.8) is 0 Å². The van der Waals surface area contributed by atoms with E-state index in [0.717, 1.165) is 6.07 Å². The van der Waals surface area contributed by atoms with Crippen molar-refractivity contribution >= 4 is 21.7 Å². The number of benzene rings is 2. The monoisotopic (exact) mass is 366 g/mol. The summed E-state index contributed by atoms with van der Waals surface area (Å²) in [7, 11) is 0.101. The molecule has 9 heteroatoms. The van der Waals surface area contributed by atoms with E-state index in [-0.39, 0.29) is 27.6 Å². The normalized spacial score (nSPS) is 10.8. The molecule has 0 fully saturated rings. The highest BCUT2D eigenvalue weighted by Gasteiger charge is 2.19. The van der Waals surface area contributed by atoms with E-state index in [9.17, 15) is 18.3 Å². The highest BCUT2D eigenvalue weighted by Crippen LogP contribution is 2.34. The Morgan fingerprint density at radius 2 is 1.52 bits per heavy atom. The van der Waals surface area contributed by atoms with Gasteiger partial charge in [-0.2, -0.15) is 0 Å². The van der Waals surface area contributed by atoms with E-state index in [0.29, 0.717) is 5.75 Å². The number of hydrogen-bond donors (Lipinski definition) is 1. The molecular weight excluding hydrogens is 350 g/mol. The lowest BCUT2D eigenvalue weighted by Gasteiger charge is -2.17. The first-order valence-electron chi connectivity index (χ1n) is 6.96. The standard InChI is InChI=1S/C16H17NO7S/c1-22-10-4-6-11(7-5-10)25(20,21)17-13-9-15(24-3)14(23-2)8-12(13)16(18)19/h4-9,17H,1-3H3,(H,18,19)/p-1. The Balaban J connectivity index is 2.48. The molecule has 0 bridgehead atoms. The number of sulfonamides is 1. The molecule has 0 aliphatic rings. The van der Waals surface area contributed by atoms with Gasteiger partial charge in [0.25, 0.3) is 10.0 Å². The van der Waals surface area contributed by atoms with Gasteiger partial charge in [-0.25, -0.2) is 8.42 Å². The molecule has 0 heterocycles. The number of ether oxygens (including phenoxy) is 3. The highest BCUT2D eigenvalue weighted by atomic mass is 32.2. The number of carbonyl (C=O) groups excluding carboxylic acids is 1. The lowest BCUT2D eigenvalue weighted by molar-refractivity contribution is -0.254. The number of hydrogen-bond acceptors (Lipinski definition) is 7. The molecule has 0 saturated heterocycles. The SMILES string of the molecule is COc1ccc(S(=O)(=O)Nc2cc(OC)c(OC)cc2C(=O)[O-])cc1. The lowest BCUT2D eigenvalue weighted by atomic mass is 10.1. The largest absolute Gasteiger partial charge is 0.545 e. The average molecular weight is 366 g/mol. The second kappa shape index (κ2) is 7.31. The molecule has 0 unspecified atom stereocenters. The van der Waals surface area contributed by atoms with Gasteiger partial charge >= 0.3 is 0 Å². The summed E-state index contributed by atoms with van der Waals surface area (Å²) >= 11 is 0. The van der Waals surface area contributed by atoms with Crippen LogP contribution in [0.15, 0.2) is 41.3 Å². The Hall–Kier alpha value is -2.94. The molecule has 1 N–H and O–H groups in total. The van der Waals surface area contributed by atoms with Crippen molar-refractivity contribution in [3.05, 3.63) is 42.0 Å². The fraction of sp³-hybridized carbons (Fsp3) is 0.188. The van der Waals surface area contributed by atoms with Crippen LogP contribution in [0.3, 0.4) is 0 Å². The van der Waals surface area contributed by atoms with Crippen LogP contribution >= 0.6 is 0 Å². The van der Waals surface area contributed by atoms with E-state index < -0.39 is 16.0 Å². The maximum absolute atomic E-state index is 12.5. The van der Waals surface area contributed by atoms with Crippen LogP contribution in [-0.2, 0) is 10.0 Å². The zero-order valence-corrected chi connectivity index (χ0v) is 14.5. The summed E-state index contributed by atoms with van der Waals surface area (Å²) in [4.78, 5) is 11.3. The molecule has 25 heavy (non-hydrogen) atoms. The van der Waals surface area contributed by atoms with Crippen molar-refractivity contribution in [1.82, 2.24) is 0 Å². The molecule has 0 aromatic heterocycles. The number of methoxy groups -OCH3 is 3. The molecule has 2 rings (SSSR count). The quantitative estimate of drug-likeness (QED) is 0.773. The number of rotatable bonds is 7. The van der Waals surface area contributed by atoms with Gasteiger partial charge < -0.3 is 24.1 Å². The smallest absolute Gasteiger partial charge is 0.261 e. The molecule has 0 amide bonds. The van der Waals surface area contributed by atoms with Crippen molar-refractivity contribution in [2.75, 3.05) is 26.1 Å². The van der Waals surface area contributed by atoms with Crippen molar-refractivity contribution in [2.24, 2.45) is 0 Å². The summed E-state index contributed by atoms with van der Waals surface area (Å²) in [6.07, 6.45) is 0. The zero-order valence-electron chi connectivity index (χ0n) is 13.7. The van der Waals surface area contributed by atoms with Gasteiger partial charge in [0.1, 0.15) is 5.75 Å². The molecule has 8 nitrogen and oxygen atoms in total. The van der Waals surface area contributed by atoms with Gasteiger partial charge in [0.2, 0.25) is 0 Å². The molecule has 2 aromatic carbocycles.